The minimum atomic E-state index is 0.105. The van der Waals surface area contributed by atoms with E-state index in [2.05, 4.69) is 42.6 Å². The molecule has 1 saturated heterocycles. The van der Waals surface area contributed by atoms with E-state index < -0.39 is 0 Å². The predicted octanol–water partition coefficient (Wildman–Crippen LogP) is 1.92. The number of nitrogens with zero attached hydrogens (tertiary/aromatic N) is 3. The van der Waals surface area contributed by atoms with Gasteiger partial charge in [-0.25, -0.2) is 9.97 Å². The van der Waals surface area contributed by atoms with Crippen LogP contribution in [-0.4, -0.2) is 36.3 Å². The van der Waals surface area contributed by atoms with E-state index in [1.165, 1.54) is 5.56 Å². The Morgan fingerprint density at radius 1 is 1.24 bits per heavy atom. The molecule has 4 nitrogen and oxygen atoms in total. The number of aromatic nitrogens is 2. The average Bonchev–Trinajstić information content (AvgIpc) is 2.28. The van der Waals surface area contributed by atoms with E-state index >= 15 is 0 Å². The molecule has 94 valence electrons. The van der Waals surface area contributed by atoms with Gasteiger partial charge in [-0.3, -0.25) is 0 Å². The maximum Gasteiger partial charge on any atom is 0.225 e. The van der Waals surface area contributed by atoms with Crippen LogP contribution in [0.1, 0.15) is 32.0 Å². The summed E-state index contributed by atoms with van der Waals surface area (Å²) in [5.41, 5.74) is 2.40. The van der Waals surface area contributed by atoms with E-state index in [0.717, 1.165) is 37.9 Å². The average molecular weight is 235 g/mol. The van der Waals surface area contributed by atoms with Crippen molar-refractivity contribution < 1.29 is 4.74 Å². The highest BCUT2D eigenvalue weighted by molar-refractivity contribution is 5.35. The molecule has 0 bridgehead atoms. The molecule has 4 heteroatoms. The maximum absolute atomic E-state index is 5.33. The SMILES string of the molecule is Cc1nc(N2CCOCC2)ncc1C(C)(C)C. The fraction of sp³-hybridized carbons (Fsp3) is 0.692. The first kappa shape index (κ1) is 12.3. The molecule has 0 atom stereocenters. The van der Waals surface area contributed by atoms with Gasteiger partial charge in [0.25, 0.3) is 0 Å². The third-order valence-electron chi connectivity index (χ3n) is 3.07. The summed E-state index contributed by atoms with van der Waals surface area (Å²) in [7, 11) is 0. The molecule has 1 aliphatic rings. The molecular formula is C13H21N3O. The minimum Gasteiger partial charge on any atom is -0.378 e. The van der Waals surface area contributed by atoms with Gasteiger partial charge >= 0.3 is 0 Å². The zero-order valence-corrected chi connectivity index (χ0v) is 11.2. The summed E-state index contributed by atoms with van der Waals surface area (Å²) in [6.45, 7) is 11.9. The van der Waals surface area contributed by atoms with Crippen LogP contribution in [0, 0.1) is 6.92 Å². The van der Waals surface area contributed by atoms with Crippen molar-refractivity contribution in [1.82, 2.24) is 9.97 Å². The van der Waals surface area contributed by atoms with Crippen LogP contribution in [0.25, 0.3) is 0 Å². The van der Waals surface area contributed by atoms with Crippen LogP contribution < -0.4 is 4.90 Å². The van der Waals surface area contributed by atoms with Gasteiger partial charge in [-0.15, -0.1) is 0 Å². The van der Waals surface area contributed by atoms with Crippen LogP contribution in [0.2, 0.25) is 0 Å². The summed E-state index contributed by atoms with van der Waals surface area (Å²) in [5.74, 6) is 0.832. The molecule has 0 unspecified atom stereocenters. The zero-order valence-electron chi connectivity index (χ0n) is 11.2. The Hall–Kier alpha value is -1.16. The molecule has 17 heavy (non-hydrogen) atoms. The van der Waals surface area contributed by atoms with Crippen LogP contribution in [0.4, 0.5) is 5.95 Å². The highest BCUT2D eigenvalue weighted by atomic mass is 16.5. The predicted molar refractivity (Wildman–Crippen MR) is 68.5 cm³/mol. The standard InChI is InChI=1S/C13H21N3O/c1-10-11(13(2,3)4)9-14-12(15-10)16-5-7-17-8-6-16/h9H,5-8H2,1-4H3. The van der Waals surface area contributed by atoms with Crippen molar-refractivity contribution in [2.24, 2.45) is 0 Å². The molecule has 0 spiro atoms. The summed E-state index contributed by atoms with van der Waals surface area (Å²) in [6, 6.07) is 0. The summed E-state index contributed by atoms with van der Waals surface area (Å²) in [4.78, 5) is 11.3. The van der Waals surface area contributed by atoms with Crippen molar-refractivity contribution in [2.75, 3.05) is 31.2 Å². The van der Waals surface area contributed by atoms with Gasteiger partial charge in [0.1, 0.15) is 0 Å². The third-order valence-corrected chi connectivity index (χ3v) is 3.07. The second-order valence-corrected chi connectivity index (χ2v) is 5.52. The monoisotopic (exact) mass is 235 g/mol. The molecule has 0 N–H and O–H groups in total. The second-order valence-electron chi connectivity index (χ2n) is 5.52. The van der Waals surface area contributed by atoms with E-state index in [-0.39, 0.29) is 5.41 Å². The molecule has 0 radical (unpaired) electrons. The molecule has 0 aromatic carbocycles. The quantitative estimate of drug-likeness (QED) is 0.745. The first-order valence-electron chi connectivity index (χ1n) is 6.15. The Morgan fingerprint density at radius 2 is 1.88 bits per heavy atom. The Labute approximate surface area is 103 Å². The summed E-state index contributed by atoms with van der Waals surface area (Å²) in [5, 5.41) is 0. The lowest BCUT2D eigenvalue weighted by molar-refractivity contribution is 0.122. The summed E-state index contributed by atoms with van der Waals surface area (Å²) < 4.78 is 5.33. The molecule has 1 aromatic rings. The zero-order chi connectivity index (χ0) is 12.5. The van der Waals surface area contributed by atoms with Gasteiger partial charge in [-0.2, -0.15) is 0 Å². The lowest BCUT2D eigenvalue weighted by Crippen LogP contribution is -2.37. The van der Waals surface area contributed by atoms with E-state index in [1.807, 2.05) is 6.20 Å². The van der Waals surface area contributed by atoms with Crippen LogP contribution in [0.15, 0.2) is 6.20 Å². The normalized spacial score (nSPS) is 17.3. The van der Waals surface area contributed by atoms with Gasteiger partial charge in [0.2, 0.25) is 5.95 Å². The van der Waals surface area contributed by atoms with Crippen LogP contribution in [0.5, 0.6) is 0 Å². The van der Waals surface area contributed by atoms with Crippen molar-refractivity contribution >= 4 is 5.95 Å². The Bertz CT molecular complexity index is 392. The highest BCUT2D eigenvalue weighted by Gasteiger charge is 2.20. The number of hydrogen-bond donors (Lipinski definition) is 0. The molecule has 1 aliphatic heterocycles. The Morgan fingerprint density at radius 3 is 2.41 bits per heavy atom. The van der Waals surface area contributed by atoms with Crippen molar-refractivity contribution in [3.63, 3.8) is 0 Å². The van der Waals surface area contributed by atoms with Crippen LogP contribution in [-0.2, 0) is 10.2 Å². The Kier molecular flexibility index (Phi) is 3.33. The van der Waals surface area contributed by atoms with Gasteiger partial charge < -0.3 is 9.64 Å². The van der Waals surface area contributed by atoms with E-state index in [9.17, 15) is 0 Å². The highest BCUT2D eigenvalue weighted by Crippen LogP contribution is 2.25. The van der Waals surface area contributed by atoms with Gasteiger partial charge in [0.05, 0.1) is 13.2 Å². The van der Waals surface area contributed by atoms with Gasteiger partial charge in [-0.1, -0.05) is 20.8 Å². The summed E-state index contributed by atoms with van der Waals surface area (Å²) >= 11 is 0. The molecule has 0 amide bonds. The topological polar surface area (TPSA) is 38.2 Å². The van der Waals surface area contributed by atoms with E-state index in [1.54, 1.807) is 0 Å². The number of morpholine rings is 1. The Balaban J connectivity index is 2.24. The number of anilines is 1. The van der Waals surface area contributed by atoms with E-state index in [4.69, 9.17) is 4.74 Å². The lowest BCUT2D eigenvalue weighted by Gasteiger charge is -2.28. The number of rotatable bonds is 1. The van der Waals surface area contributed by atoms with Gasteiger partial charge in [0, 0.05) is 25.0 Å². The molecule has 2 rings (SSSR count). The number of aryl methyl sites for hydroxylation is 1. The largest absolute Gasteiger partial charge is 0.378 e. The molecule has 1 fully saturated rings. The number of ether oxygens (including phenoxy) is 1. The smallest absolute Gasteiger partial charge is 0.225 e. The maximum atomic E-state index is 5.33. The van der Waals surface area contributed by atoms with Crippen molar-refractivity contribution in [3.05, 3.63) is 17.5 Å². The van der Waals surface area contributed by atoms with Crippen molar-refractivity contribution in [1.29, 1.82) is 0 Å². The summed E-state index contributed by atoms with van der Waals surface area (Å²) in [6.07, 6.45) is 1.97. The van der Waals surface area contributed by atoms with Crippen LogP contribution in [0.3, 0.4) is 0 Å². The molecular weight excluding hydrogens is 214 g/mol. The van der Waals surface area contributed by atoms with Gasteiger partial charge in [0.15, 0.2) is 0 Å². The molecule has 0 aliphatic carbocycles. The minimum absolute atomic E-state index is 0.105. The fourth-order valence-corrected chi connectivity index (χ4v) is 2.11. The first-order valence-corrected chi connectivity index (χ1v) is 6.15. The lowest BCUT2D eigenvalue weighted by atomic mass is 9.87. The number of hydrogen-bond acceptors (Lipinski definition) is 4. The molecule has 2 heterocycles. The fourth-order valence-electron chi connectivity index (χ4n) is 2.11. The van der Waals surface area contributed by atoms with Crippen molar-refractivity contribution in [3.8, 4) is 0 Å². The first-order chi connectivity index (χ1) is 7.98. The van der Waals surface area contributed by atoms with Crippen LogP contribution >= 0.6 is 0 Å². The third kappa shape index (κ3) is 2.75. The molecule has 1 aromatic heterocycles. The molecule has 0 saturated carbocycles. The van der Waals surface area contributed by atoms with Crippen molar-refractivity contribution in [2.45, 2.75) is 33.1 Å². The van der Waals surface area contributed by atoms with Gasteiger partial charge in [-0.05, 0) is 17.9 Å². The van der Waals surface area contributed by atoms with E-state index in [0.29, 0.717) is 0 Å². The second kappa shape index (κ2) is 4.61.